The van der Waals surface area contributed by atoms with Gasteiger partial charge in [-0.2, -0.15) is 13.2 Å². The Morgan fingerprint density at radius 1 is 1.21 bits per heavy atom. The molecule has 0 bridgehead atoms. The predicted octanol–water partition coefficient (Wildman–Crippen LogP) is 3.76. The molecular weight excluding hydrogens is 323 g/mol. The van der Waals surface area contributed by atoms with E-state index in [9.17, 15) is 21.6 Å². The Balaban J connectivity index is 2.58. The lowest BCUT2D eigenvalue weighted by Gasteiger charge is -2.10. The summed E-state index contributed by atoms with van der Waals surface area (Å²) in [6.45, 7) is 0. The standard InChI is InChI=1S/C10H5ClF3NO2S2/c11-19(16,17)8-5-15-9(18-8)6-3-1-2-4-7(6)10(12,13)14/h1-5H. The number of rotatable bonds is 2. The van der Waals surface area contributed by atoms with Crippen LogP contribution in [0.2, 0.25) is 0 Å². The Morgan fingerprint density at radius 3 is 2.37 bits per heavy atom. The van der Waals surface area contributed by atoms with Gasteiger partial charge in [0, 0.05) is 16.2 Å². The van der Waals surface area contributed by atoms with Crippen LogP contribution < -0.4 is 0 Å². The Kier molecular flexibility index (Phi) is 3.59. The van der Waals surface area contributed by atoms with Gasteiger partial charge in [0.05, 0.1) is 11.8 Å². The van der Waals surface area contributed by atoms with Crippen LogP contribution in [0, 0.1) is 0 Å². The van der Waals surface area contributed by atoms with Crippen molar-refractivity contribution in [1.82, 2.24) is 4.98 Å². The van der Waals surface area contributed by atoms with Gasteiger partial charge in [-0.25, -0.2) is 13.4 Å². The molecule has 1 heterocycles. The van der Waals surface area contributed by atoms with E-state index in [1.807, 2.05) is 0 Å². The molecule has 0 atom stereocenters. The van der Waals surface area contributed by atoms with Crippen molar-refractivity contribution in [2.75, 3.05) is 0 Å². The number of hydrogen-bond donors (Lipinski definition) is 0. The van der Waals surface area contributed by atoms with Gasteiger partial charge in [-0.05, 0) is 6.07 Å². The second kappa shape index (κ2) is 4.77. The summed E-state index contributed by atoms with van der Waals surface area (Å²) in [5.74, 6) is 0. The predicted molar refractivity (Wildman–Crippen MR) is 65.6 cm³/mol. The van der Waals surface area contributed by atoms with E-state index in [-0.39, 0.29) is 14.8 Å². The molecule has 0 N–H and O–H groups in total. The first-order chi connectivity index (χ1) is 8.69. The van der Waals surface area contributed by atoms with E-state index >= 15 is 0 Å². The number of nitrogens with zero attached hydrogens (tertiary/aromatic N) is 1. The van der Waals surface area contributed by atoms with Gasteiger partial charge in [-0.1, -0.05) is 18.2 Å². The molecular formula is C10H5ClF3NO2S2. The zero-order valence-electron chi connectivity index (χ0n) is 8.98. The average molecular weight is 328 g/mol. The maximum absolute atomic E-state index is 12.8. The van der Waals surface area contributed by atoms with E-state index in [2.05, 4.69) is 4.98 Å². The average Bonchev–Trinajstić information content (AvgIpc) is 2.76. The third kappa shape index (κ3) is 3.07. The molecule has 0 saturated heterocycles. The monoisotopic (exact) mass is 327 g/mol. The molecule has 0 saturated carbocycles. The van der Waals surface area contributed by atoms with Gasteiger partial charge in [-0.15, -0.1) is 11.3 Å². The smallest absolute Gasteiger partial charge is 0.243 e. The van der Waals surface area contributed by atoms with Crippen molar-refractivity contribution in [3.63, 3.8) is 0 Å². The number of aromatic nitrogens is 1. The maximum Gasteiger partial charge on any atom is 0.417 e. The van der Waals surface area contributed by atoms with Crippen LogP contribution in [0.3, 0.4) is 0 Å². The summed E-state index contributed by atoms with van der Waals surface area (Å²) in [6.07, 6.45) is -3.60. The molecule has 1 aromatic heterocycles. The zero-order valence-corrected chi connectivity index (χ0v) is 11.4. The van der Waals surface area contributed by atoms with Crippen LogP contribution in [0.15, 0.2) is 34.7 Å². The van der Waals surface area contributed by atoms with Gasteiger partial charge in [-0.3, -0.25) is 0 Å². The van der Waals surface area contributed by atoms with Gasteiger partial charge < -0.3 is 0 Å². The first-order valence-corrected chi connectivity index (χ1v) is 7.89. The molecule has 0 fully saturated rings. The number of alkyl halides is 3. The van der Waals surface area contributed by atoms with E-state index < -0.39 is 20.8 Å². The Labute approximate surface area is 115 Å². The van der Waals surface area contributed by atoms with E-state index in [0.717, 1.165) is 12.3 Å². The van der Waals surface area contributed by atoms with Crippen LogP contribution in [0.4, 0.5) is 13.2 Å². The van der Waals surface area contributed by atoms with Crippen LogP contribution in [-0.2, 0) is 15.2 Å². The van der Waals surface area contributed by atoms with Crippen molar-refractivity contribution in [3.05, 3.63) is 36.0 Å². The van der Waals surface area contributed by atoms with Crippen LogP contribution >= 0.6 is 22.0 Å². The van der Waals surface area contributed by atoms with Crippen molar-refractivity contribution in [1.29, 1.82) is 0 Å². The fourth-order valence-corrected chi connectivity index (χ4v) is 3.32. The Hall–Kier alpha value is -1.12. The lowest BCUT2D eigenvalue weighted by molar-refractivity contribution is -0.137. The van der Waals surface area contributed by atoms with Gasteiger partial charge in [0.1, 0.15) is 5.01 Å². The number of hydrogen-bond acceptors (Lipinski definition) is 4. The van der Waals surface area contributed by atoms with Gasteiger partial charge >= 0.3 is 6.18 Å². The van der Waals surface area contributed by atoms with E-state index in [1.54, 1.807) is 0 Å². The Bertz CT molecular complexity index is 710. The second-order valence-corrected chi connectivity index (χ2v) is 7.29. The van der Waals surface area contributed by atoms with Crippen molar-refractivity contribution >= 4 is 31.1 Å². The van der Waals surface area contributed by atoms with Crippen molar-refractivity contribution in [3.8, 4) is 10.6 Å². The highest BCUT2D eigenvalue weighted by molar-refractivity contribution is 8.15. The molecule has 0 spiro atoms. The molecule has 0 aliphatic heterocycles. The number of benzene rings is 1. The summed E-state index contributed by atoms with van der Waals surface area (Å²) in [7, 11) is 1.12. The van der Waals surface area contributed by atoms with Crippen LogP contribution in [-0.4, -0.2) is 13.4 Å². The summed E-state index contributed by atoms with van der Waals surface area (Å²) in [5.41, 5.74) is -1.05. The molecule has 2 aromatic rings. The first-order valence-electron chi connectivity index (χ1n) is 4.76. The number of halogens is 4. The highest BCUT2D eigenvalue weighted by atomic mass is 35.7. The van der Waals surface area contributed by atoms with Crippen molar-refractivity contribution < 1.29 is 21.6 Å². The maximum atomic E-state index is 12.8. The van der Waals surface area contributed by atoms with Crippen LogP contribution in [0.5, 0.6) is 0 Å². The molecule has 2 rings (SSSR count). The molecule has 9 heteroatoms. The molecule has 3 nitrogen and oxygen atoms in total. The molecule has 0 amide bonds. The lowest BCUT2D eigenvalue weighted by Crippen LogP contribution is -2.06. The molecule has 0 unspecified atom stereocenters. The van der Waals surface area contributed by atoms with E-state index in [0.29, 0.717) is 11.3 Å². The van der Waals surface area contributed by atoms with Gasteiger partial charge in [0.25, 0.3) is 9.05 Å². The minimum Gasteiger partial charge on any atom is -0.243 e. The summed E-state index contributed by atoms with van der Waals surface area (Å²) < 4.78 is 60.3. The topological polar surface area (TPSA) is 47.0 Å². The largest absolute Gasteiger partial charge is 0.417 e. The molecule has 0 aliphatic carbocycles. The fourth-order valence-electron chi connectivity index (χ4n) is 1.41. The van der Waals surface area contributed by atoms with Gasteiger partial charge in [0.2, 0.25) is 0 Å². The summed E-state index contributed by atoms with van der Waals surface area (Å²) in [6, 6.07) is 4.80. The first kappa shape index (κ1) is 14.3. The highest BCUT2D eigenvalue weighted by Crippen LogP contribution is 2.39. The lowest BCUT2D eigenvalue weighted by atomic mass is 10.1. The van der Waals surface area contributed by atoms with Gasteiger partial charge in [0.15, 0.2) is 4.21 Å². The quantitative estimate of drug-likeness (QED) is 0.789. The zero-order chi connectivity index (χ0) is 14.3. The molecule has 1 aromatic carbocycles. The number of thiazole rings is 1. The molecule has 0 radical (unpaired) electrons. The van der Waals surface area contributed by atoms with Crippen molar-refractivity contribution in [2.45, 2.75) is 10.4 Å². The fraction of sp³-hybridized carbons (Fsp3) is 0.100. The SMILES string of the molecule is O=S(=O)(Cl)c1cnc(-c2ccccc2C(F)(F)F)s1. The second-order valence-electron chi connectivity index (χ2n) is 3.47. The molecule has 102 valence electrons. The van der Waals surface area contributed by atoms with Crippen LogP contribution in [0.1, 0.15) is 5.56 Å². The third-order valence-corrected chi connectivity index (χ3v) is 5.28. The van der Waals surface area contributed by atoms with E-state index in [1.165, 1.54) is 18.2 Å². The third-order valence-electron chi connectivity index (χ3n) is 2.19. The summed E-state index contributed by atoms with van der Waals surface area (Å²) >= 11 is 0.592. The molecule has 0 aliphatic rings. The Morgan fingerprint density at radius 2 is 1.84 bits per heavy atom. The summed E-state index contributed by atoms with van der Waals surface area (Å²) in [4.78, 5) is 3.68. The van der Waals surface area contributed by atoms with E-state index in [4.69, 9.17) is 10.7 Å². The normalized spacial score (nSPS) is 12.6. The summed E-state index contributed by atoms with van der Waals surface area (Å²) in [5, 5.41) is -0.0489. The molecule has 19 heavy (non-hydrogen) atoms. The minimum absolute atomic E-state index is 0.0489. The minimum atomic E-state index is -4.54. The highest BCUT2D eigenvalue weighted by Gasteiger charge is 2.34. The van der Waals surface area contributed by atoms with Crippen molar-refractivity contribution in [2.24, 2.45) is 0 Å². The van der Waals surface area contributed by atoms with Crippen LogP contribution in [0.25, 0.3) is 10.6 Å².